The summed E-state index contributed by atoms with van der Waals surface area (Å²) < 4.78 is 6.54. The Morgan fingerprint density at radius 2 is 1.81 bits per heavy atom. The maximum absolute atomic E-state index is 5.44. The molecule has 0 spiro atoms. The number of ether oxygens (including phenoxy) is 1. The van der Waals surface area contributed by atoms with Gasteiger partial charge in [0.1, 0.15) is 5.75 Å². The first-order valence-corrected chi connectivity index (χ1v) is 5.84. The maximum atomic E-state index is 5.44. The lowest BCUT2D eigenvalue weighted by Gasteiger charge is -2.19. The molecule has 0 radical (unpaired) electrons. The lowest BCUT2D eigenvalue weighted by atomic mass is 10.0. The largest absolute Gasteiger partial charge is 0.494 e. The third-order valence-electron chi connectivity index (χ3n) is 2.73. The highest BCUT2D eigenvalue weighted by atomic mass is 79.9. The molecular formula is C11H18BrN3O. The minimum absolute atomic E-state index is 0.492. The molecule has 0 aliphatic rings. The average molecular weight is 288 g/mol. The van der Waals surface area contributed by atoms with Gasteiger partial charge in [-0.1, -0.05) is 15.9 Å². The minimum atomic E-state index is 0.492. The van der Waals surface area contributed by atoms with Crippen LogP contribution < -0.4 is 21.3 Å². The van der Waals surface area contributed by atoms with E-state index in [1.165, 1.54) is 5.56 Å². The van der Waals surface area contributed by atoms with E-state index in [-0.39, 0.29) is 0 Å². The highest BCUT2D eigenvalue weighted by molar-refractivity contribution is 9.10. The second kappa shape index (κ2) is 5.52. The Hall–Kier alpha value is -0.780. The zero-order valence-electron chi connectivity index (χ0n) is 10.1. The van der Waals surface area contributed by atoms with Gasteiger partial charge in [-0.15, -0.1) is 0 Å². The van der Waals surface area contributed by atoms with E-state index < -0.39 is 0 Å². The fourth-order valence-corrected chi connectivity index (χ4v) is 2.19. The molecule has 0 atom stereocenters. The van der Waals surface area contributed by atoms with Crippen LogP contribution in [-0.2, 0) is 0 Å². The molecule has 0 fully saturated rings. The second-order valence-corrected chi connectivity index (χ2v) is 4.45. The molecule has 16 heavy (non-hydrogen) atoms. The quantitative estimate of drug-likeness (QED) is 0.452. The van der Waals surface area contributed by atoms with Crippen LogP contribution in [0.15, 0.2) is 4.47 Å². The second-order valence-electron chi connectivity index (χ2n) is 3.65. The van der Waals surface area contributed by atoms with Gasteiger partial charge in [0, 0.05) is 4.47 Å². The molecule has 1 aromatic carbocycles. The highest BCUT2D eigenvalue weighted by Gasteiger charge is 2.15. The van der Waals surface area contributed by atoms with Gasteiger partial charge in [-0.25, -0.2) is 5.43 Å². The van der Waals surface area contributed by atoms with Crippen molar-refractivity contribution in [2.75, 3.05) is 19.1 Å². The normalized spacial score (nSPS) is 10.4. The van der Waals surface area contributed by atoms with E-state index in [4.69, 9.17) is 10.6 Å². The van der Waals surface area contributed by atoms with Crippen LogP contribution in [0.3, 0.4) is 0 Å². The minimum Gasteiger partial charge on any atom is -0.494 e. The summed E-state index contributed by atoms with van der Waals surface area (Å²) in [5.41, 5.74) is 6.97. The van der Waals surface area contributed by atoms with Crippen molar-refractivity contribution in [2.45, 2.75) is 20.8 Å². The third-order valence-corrected chi connectivity index (χ3v) is 3.92. The number of hydrogen-bond acceptors (Lipinski definition) is 4. The molecule has 4 nitrogen and oxygen atoms in total. The number of benzene rings is 1. The Bertz CT molecular complexity index is 394. The van der Waals surface area contributed by atoms with E-state index in [1.54, 1.807) is 7.11 Å². The van der Waals surface area contributed by atoms with Gasteiger partial charge in [0.15, 0.2) is 0 Å². The summed E-state index contributed by atoms with van der Waals surface area (Å²) in [6.07, 6.45) is 0. The first-order valence-electron chi connectivity index (χ1n) is 5.05. The molecule has 0 unspecified atom stereocenters. The van der Waals surface area contributed by atoms with Crippen molar-refractivity contribution in [3.05, 3.63) is 21.2 Å². The van der Waals surface area contributed by atoms with Crippen molar-refractivity contribution in [2.24, 2.45) is 5.84 Å². The van der Waals surface area contributed by atoms with Gasteiger partial charge in [-0.2, -0.15) is 0 Å². The van der Waals surface area contributed by atoms with E-state index in [0.29, 0.717) is 6.67 Å². The van der Waals surface area contributed by atoms with Crippen molar-refractivity contribution in [1.29, 1.82) is 0 Å². The van der Waals surface area contributed by atoms with Crippen molar-refractivity contribution in [3.8, 4) is 5.75 Å². The van der Waals surface area contributed by atoms with Crippen LogP contribution in [-0.4, -0.2) is 13.8 Å². The zero-order chi connectivity index (χ0) is 12.3. The summed E-state index contributed by atoms with van der Waals surface area (Å²) in [6, 6.07) is 0. The smallest absolute Gasteiger partial charge is 0.145 e. The molecule has 0 saturated carbocycles. The van der Waals surface area contributed by atoms with Crippen molar-refractivity contribution < 1.29 is 4.74 Å². The number of hydrazine groups is 1. The van der Waals surface area contributed by atoms with Gasteiger partial charge in [-0.3, -0.25) is 5.84 Å². The van der Waals surface area contributed by atoms with E-state index >= 15 is 0 Å². The number of anilines is 1. The van der Waals surface area contributed by atoms with Gasteiger partial charge < -0.3 is 10.1 Å². The van der Waals surface area contributed by atoms with Crippen LogP contribution in [0.4, 0.5) is 5.69 Å². The number of rotatable bonds is 4. The van der Waals surface area contributed by atoms with E-state index in [9.17, 15) is 0 Å². The van der Waals surface area contributed by atoms with Crippen LogP contribution in [0.2, 0.25) is 0 Å². The topological polar surface area (TPSA) is 59.3 Å². The summed E-state index contributed by atoms with van der Waals surface area (Å²) in [5.74, 6) is 6.13. The van der Waals surface area contributed by atoms with Gasteiger partial charge in [0.25, 0.3) is 0 Å². The number of nitrogens with two attached hydrogens (primary N) is 1. The molecule has 0 saturated heterocycles. The molecule has 0 aliphatic carbocycles. The summed E-state index contributed by atoms with van der Waals surface area (Å²) in [4.78, 5) is 0. The SMILES string of the molecule is COc1c(C)c(C)c(Br)c(C)c1NCNN. The first kappa shape index (κ1) is 13.3. The van der Waals surface area contributed by atoms with Gasteiger partial charge in [-0.05, 0) is 37.5 Å². The van der Waals surface area contributed by atoms with Crippen LogP contribution in [0.5, 0.6) is 5.75 Å². The van der Waals surface area contributed by atoms with Crippen LogP contribution in [0.1, 0.15) is 16.7 Å². The number of halogens is 1. The highest BCUT2D eigenvalue weighted by Crippen LogP contribution is 2.39. The lowest BCUT2D eigenvalue weighted by molar-refractivity contribution is 0.412. The average Bonchev–Trinajstić information content (AvgIpc) is 2.29. The number of methoxy groups -OCH3 is 1. The summed E-state index contributed by atoms with van der Waals surface area (Å²) in [6.45, 7) is 6.64. The molecule has 1 rings (SSSR count). The number of hydrogen-bond donors (Lipinski definition) is 3. The maximum Gasteiger partial charge on any atom is 0.145 e. The van der Waals surface area contributed by atoms with Crippen LogP contribution in [0.25, 0.3) is 0 Å². The molecule has 0 aliphatic heterocycles. The monoisotopic (exact) mass is 287 g/mol. The van der Waals surface area contributed by atoms with Crippen LogP contribution >= 0.6 is 15.9 Å². The standard InChI is InChI=1S/C11H18BrN3O/c1-6-7(2)11(16-4)10(14-5-15-13)8(3)9(6)12/h14-15H,5,13H2,1-4H3. The van der Waals surface area contributed by atoms with Crippen molar-refractivity contribution in [3.63, 3.8) is 0 Å². The molecule has 0 amide bonds. The summed E-state index contributed by atoms with van der Waals surface area (Å²) >= 11 is 3.59. The molecule has 1 aromatic rings. The predicted octanol–water partition coefficient (Wildman–Crippen LogP) is 2.22. The molecule has 5 heteroatoms. The third kappa shape index (κ3) is 2.31. The fraction of sp³-hybridized carbons (Fsp3) is 0.455. The molecular weight excluding hydrogens is 270 g/mol. The molecule has 0 heterocycles. The van der Waals surface area contributed by atoms with Crippen LogP contribution in [0, 0.1) is 20.8 Å². The Balaban J connectivity index is 3.33. The molecule has 0 bridgehead atoms. The lowest BCUT2D eigenvalue weighted by Crippen LogP contribution is -2.28. The van der Waals surface area contributed by atoms with Gasteiger partial charge >= 0.3 is 0 Å². The Morgan fingerprint density at radius 1 is 1.19 bits per heavy atom. The Morgan fingerprint density at radius 3 is 2.31 bits per heavy atom. The molecule has 4 N–H and O–H groups in total. The summed E-state index contributed by atoms with van der Waals surface area (Å²) in [5, 5.41) is 3.20. The number of nitrogens with one attached hydrogen (secondary N) is 2. The first-order chi connectivity index (χ1) is 7.54. The molecule has 0 aromatic heterocycles. The fourth-order valence-electron chi connectivity index (χ4n) is 1.69. The zero-order valence-corrected chi connectivity index (χ0v) is 11.7. The Labute approximate surface area is 105 Å². The summed E-state index contributed by atoms with van der Waals surface area (Å²) in [7, 11) is 1.68. The van der Waals surface area contributed by atoms with E-state index in [1.807, 2.05) is 13.8 Å². The van der Waals surface area contributed by atoms with E-state index in [0.717, 1.165) is 27.0 Å². The molecule has 90 valence electrons. The van der Waals surface area contributed by atoms with Crippen molar-refractivity contribution >= 4 is 21.6 Å². The van der Waals surface area contributed by atoms with E-state index in [2.05, 4.69) is 33.6 Å². The van der Waals surface area contributed by atoms with Crippen molar-refractivity contribution in [1.82, 2.24) is 5.43 Å². The van der Waals surface area contributed by atoms with Gasteiger partial charge in [0.2, 0.25) is 0 Å². The predicted molar refractivity (Wildman–Crippen MR) is 70.7 cm³/mol. The Kier molecular flexibility index (Phi) is 4.58. The van der Waals surface area contributed by atoms with Gasteiger partial charge in [0.05, 0.1) is 19.5 Å².